The smallest absolute Gasteiger partial charge is 0.150 e. The van der Waals surface area contributed by atoms with Gasteiger partial charge in [-0.2, -0.15) is 0 Å². The van der Waals surface area contributed by atoms with Crippen molar-refractivity contribution in [2.24, 2.45) is 0 Å². The van der Waals surface area contributed by atoms with Crippen LogP contribution in [-0.4, -0.2) is 12.2 Å². The fraction of sp³-hybridized carbons (Fsp3) is 0.100. The average molecular weight is 160 g/mol. The van der Waals surface area contributed by atoms with Crippen LogP contribution in [0.2, 0.25) is 0 Å². The minimum Gasteiger partial charge on any atom is -0.298 e. The van der Waals surface area contributed by atoms with Crippen LogP contribution in [0.3, 0.4) is 0 Å². The summed E-state index contributed by atoms with van der Waals surface area (Å²) >= 11 is 0. The van der Waals surface area contributed by atoms with Crippen LogP contribution in [0.15, 0.2) is 30.3 Å². The number of carbonyl (C=O) groups is 1. The lowest BCUT2D eigenvalue weighted by Crippen LogP contribution is -1.83. The first-order valence-corrected chi connectivity index (χ1v) is 3.60. The molecule has 0 radical (unpaired) electrons. The van der Waals surface area contributed by atoms with Crippen molar-refractivity contribution in [3.8, 4) is 0 Å². The van der Waals surface area contributed by atoms with E-state index in [1.807, 2.05) is 12.1 Å². The molecule has 0 spiro atoms. The number of hydrogen-bond acceptors (Lipinski definition) is 2. The van der Waals surface area contributed by atoms with Crippen molar-refractivity contribution in [1.29, 1.82) is 0 Å². The van der Waals surface area contributed by atoms with Gasteiger partial charge in [-0.3, -0.25) is 4.79 Å². The van der Waals surface area contributed by atoms with E-state index >= 15 is 0 Å². The van der Waals surface area contributed by atoms with Gasteiger partial charge in [-0.05, 0) is 5.56 Å². The lowest BCUT2D eigenvalue weighted by molar-refractivity contribution is 0.112. The van der Waals surface area contributed by atoms with E-state index < -0.39 is 0 Å². The van der Waals surface area contributed by atoms with Gasteiger partial charge in [-0.1, -0.05) is 24.3 Å². The van der Waals surface area contributed by atoms with Gasteiger partial charge in [0.2, 0.25) is 0 Å². The molecule has 0 saturated carbocycles. The third-order valence-corrected chi connectivity index (χ3v) is 1.54. The number of carbonyl (C=O) groups excluding carboxylic acids is 2. The zero-order chi connectivity index (χ0) is 8.81. The molecule has 60 valence electrons. The minimum atomic E-state index is 0.572. The summed E-state index contributed by atoms with van der Waals surface area (Å²) in [5.41, 5.74) is 1.65. The zero-order valence-corrected chi connectivity index (χ0v) is 6.49. The Balaban J connectivity index is 2.77. The summed E-state index contributed by atoms with van der Waals surface area (Å²) < 4.78 is 0. The van der Waals surface area contributed by atoms with Crippen molar-refractivity contribution >= 4 is 12.2 Å². The van der Waals surface area contributed by atoms with Gasteiger partial charge in [-0.25, -0.2) is 4.79 Å². The molecule has 0 bridgehead atoms. The summed E-state index contributed by atoms with van der Waals surface area (Å²) in [4.78, 5) is 20.1. The quantitative estimate of drug-likeness (QED) is 0.495. The van der Waals surface area contributed by atoms with Crippen LogP contribution < -0.4 is 0 Å². The van der Waals surface area contributed by atoms with Gasteiger partial charge in [0.05, 0.1) is 0 Å². The van der Waals surface area contributed by atoms with Gasteiger partial charge < -0.3 is 0 Å². The highest BCUT2D eigenvalue weighted by atomic mass is 16.1. The molecule has 1 aromatic carbocycles. The monoisotopic (exact) mass is 160 g/mol. The van der Waals surface area contributed by atoms with Crippen LogP contribution in [0, 0.1) is 0 Å². The highest BCUT2D eigenvalue weighted by molar-refractivity contribution is 5.74. The van der Waals surface area contributed by atoms with Crippen LogP contribution >= 0.6 is 0 Å². The van der Waals surface area contributed by atoms with Crippen LogP contribution in [-0.2, 0) is 11.2 Å². The number of hydrogen-bond donors (Lipinski definition) is 0. The van der Waals surface area contributed by atoms with Crippen LogP contribution in [0.25, 0.3) is 0 Å². The Hall–Kier alpha value is -1.66. The second-order valence-corrected chi connectivity index (χ2v) is 2.39. The van der Waals surface area contributed by atoms with Gasteiger partial charge >= 0.3 is 0 Å². The second kappa shape index (κ2) is 4.27. The molecule has 0 aromatic heterocycles. The average Bonchev–Trinajstić information content (AvgIpc) is 2.15. The molecule has 2 nitrogen and oxygen atoms in total. The molecule has 0 aliphatic rings. The van der Waals surface area contributed by atoms with Gasteiger partial charge in [0, 0.05) is 18.1 Å². The van der Waals surface area contributed by atoms with E-state index in [1.54, 1.807) is 18.1 Å². The summed E-state index contributed by atoms with van der Waals surface area (Å²) in [7, 11) is 0. The molecule has 0 atom stereocenters. The molecule has 1 aromatic rings. The van der Waals surface area contributed by atoms with Crippen molar-refractivity contribution in [2.75, 3.05) is 0 Å². The first-order chi connectivity index (χ1) is 5.86. The number of aldehydes is 1. The molecule has 0 fully saturated rings. The van der Waals surface area contributed by atoms with E-state index in [9.17, 15) is 9.59 Å². The van der Waals surface area contributed by atoms with Gasteiger partial charge in [0.25, 0.3) is 0 Å². The van der Waals surface area contributed by atoms with Crippen molar-refractivity contribution in [1.82, 2.24) is 0 Å². The second-order valence-electron chi connectivity index (χ2n) is 2.39. The molecular weight excluding hydrogens is 152 g/mol. The van der Waals surface area contributed by atoms with Crippen molar-refractivity contribution in [3.63, 3.8) is 0 Å². The summed E-state index contributed by atoms with van der Waals surface area (Å²) in [5, 5.41) is 0. The zero-order valence-electron chi connectivity index (χ0n) is 6.49. The first kappa shape index (κ1) is 8.44. The summed E-state index contributed by atoms with van der Waals surface area (Å²) in [6.07, 6.45) is 2.78. The van der Waals surface area contributed by atoms with Crippen molar-refractivity contribution in [3.05, 3.63) is 41.5 Å². The third-order valence-electron chi connectivity index (χ3n) is 1.54. The maximum absolute atomic E-state index is 10.3. The summed E-state index contributed by atoms with van der Waals surface area (Å²) in [6.45, 7) is 0. The Morgan fingerprint density at radius 2 is 1.92 bits per heavy atom. The number of rotatable bonds is 3. The van der Waals surface area contributed by atoms with E-state index in [1.165, 1.54) is 6.08 Å². The predicted molar refractivity (Wildman–Crippen MR) is 45.8 cm³/mol. The molecule has 2 heteroatoms. The maximum Gasteiger partial charge on any atom is 0.150 e. The lowest BCUT2D eigenvalue weighted by atomic mass is 10.1. The number of allylic oxidation sites excluding steroid dienone is 1. The molecule has 0 unspecified atom stereocenters. The van der Waals surface area contributed by atoms with E-state index in [0.717, 1.165) is 11.8 Å². The normalized spacial score (nSPS) is 8.67. The first-order valence-electron chi connectivity index (χ1n) is 3.60. The van der Waals surface area contributed by atoms with E-state index in [0.29, 0.717) is 12.0 Å². The predicted octanol–water partition coefficient (Wildman–Crippen LogP) is 1.43. The number of benzene rings is 1. The molecule has 12 heavy (non-hydrogen) atoms. The highest BCUT2D eigenvalue weighted by Gasteiger charge is 1.90. The summed E-state index contributed by atoms with van der Waals surface area (Å²) in [5.74, 6) is 1.70. The molecule has 0 aliphatic carbocycles. The van der Waals surface area contributed by atoms with Crippen LogP contribution in [0.5, 0.6) is 0 Å². The Morgan fingerprint density at radius 3 is 2.42 bits per heavy atom. The maximum atomic E-state index is 10.3. The van der Waals surface area contributed by atoms with E-state index in [4.69, 9.17) is 0 Å². The molecule has 0 saturated heterocycles. The van der Waals surface area contributed by atoms with Gasteiger partial charge in [0.1, 0.15) is 12.2 Å². The van der Waals surface area contributed by atoms with Gasteiger partial charge in [-0.15, -0.1) is 0 Å². The Labute approximate surface area is 70.5 Å². The molecule has 0 amide bonds. The SMILES string of the molecule is O=C=CCc1ccc(C=O)cc1. The largest absolute Gasteiger partial charge is 0.298 e. The fourth-order valence-corrected chi connectivity index (χ4v) is 0.892. The Kier molecular flexibility index (Phi) is 3.00. The third kappa shape index (κ3) is 2.19. The summed E-state index contributed by atoms with van der Waals surface area (Å²) in [6, 6.07) is 7.08. The Morgan fingerprint density at radius 1 is 1.25 bits per heavy atom. The lowest BCUT2D eigenvalue weighted by Gasteiger charge is -1.94. The van der Waals surface area contributed by atoms with Gasteiger partial charge in [0.15, 0.2) is 0 Å². The van der Waals surface area contributed by atoms with E-state index in [-0.39, 0.29) is 0 Å². The highest BCUT2D eigenvalue weighted by Crippen LogP contribution is 2.02. The molecule has 0 heterocycles. The molecular formula is C10H8O2. The molecule has 0 N–H and O–H groups in total. The molecule has 1 rings (SSSR count). The topological polar surface area (TPSA) is 34.1 Å². The minimum absolute atomic E-state index is 0.572. The fourth-order valence-electron chi connectivity index (χ4n) is 0.892. The Bertz CT molecular complexity index is 305. The molecule has 0 aliphatic heterocycles. The van der Waals surface area contributed by atoms with E-state index in [2.05, 4.69) is 0 Å². The van der Waals surface area contributed by atoms with Crippen molar-refractivity contribution in [2.45, 2.75) is 6.42 Å². The van der Waals surface area contributed by atoms with Crippen molar-refractivity contribution < 1.29 is 9.59 Å². The standard InChI is InChI=1S/C10H8O2/c11-7-1-2-9-3-5-10(8-12)6-4-9/h1,3-6,8H,2H2. The van der Waals surface area contributed by atoms with Crippen LogP contribution in [0.1, 0.15) is 15.9 Å². The van der Waals surface area contributed by atoms with Crippen LogP contribution in [0.4, 0.5) is 0 Å².